The van der Waals surface area contributed by atoms with Crippen LogP contribution in [0.4, 0.5) is 0 Å². The lowest BCUT2D eigenvalue weighted by atomic mass is 9.89. The van der Waals surface area contributed by atoms with Crippen LogP contribution in [-0.4, -0.2) is 24.7 Å². The number of hydrogen-bond donors (Lipinski definition) is 1. The van der Waals surface area contributed by atoms with Crippen LogP contribution in [0.25, 0.3) is 0 Å². The molecule has 0 bridgehead atoms. The quantitative estimate of drug-likeness (QED) is 0.879. The van der Waals surface area contributed by atoms with Crippen molar-refractivity contribution in [3.8, 4) is 6.07 Å². The smallest absolute Gasteiger partial charge is 0.251 e. The molecule has 0 aromatic heterocycles. The summed E-state index contributed by atoms with van der Waals surface area (Å²) in [5.41, 5.74) is 1.15. The van der Waals surface area contributed by atoms with Crippen molar-refractivity contribution in [1.29, 1.82) is 5.26 Å². The van der Waals surface area contributed by atoms with Crippen molar-refractivity contribution in [3.63, 3.8) is 0 Å². The summed E-state index contributed by atoms with van der Waals surface area (Å²) < 4.78 is 5.44. The molecule has 4 heteroatoms. The Morgan fingerprint density at radius 3 is 2.67 bits per heavy atom. The molecule has 0 spiro atoms. The molecule has 0 radical (unpaired) electrons. The highest BCUT2D eigenvalue weighted by atomic mass is 16.5. The van der Waals surface area contributed by atoms with Gasteiger partial charge in [0.15, 0.2) is 0 Å². The van der Waals surface area contributed by atoms with Crippen LogP contribution >= 0.6 is 0 Å². The van der Waals surface area contributed by atoms with Crippen LogP contribution in [0.15, 0.2) is 24.3 Å². The third-order valence-electron chi connectivity index (χ3n) is 3.11. The van der Waals surface area contributed by atoms with E-state index in [1.807, 2.05) is 13.0 Å². The zero-order chi connectivity index (χ0) is 13.0. The second-order valence-corrected chi connectivity index (χ2v) is 4.41. The molecule has 94 valence electrons. The first-order chi connectivity index (χ1) is 8.72. The molecule has 18 heavy (non-hydrogen) atoms. The monoisotopic (exact) mass is 244 g/mol. The zero-order valence-corrected chi connectivity index (χ0v) is 10.3. The van der Waals surface area contributed by atoms with Crippen LogP contribution in [0.3, 0.4) is 0 Å². The number of nitriles is 1. The molecule has 0 heterocycles. The number of hydrogen-bond acceptors (Lipinski definition) is 3. The third kappa shape index (κ3) is 2.88. The largest absolute Gasteiger partial charge is 0.378 e. The van der Waals surface area contributed by atoms with Crippen LogP contribution in [0.2, 0.25) is 0 Å². The number of nitrogens with zero attached hydrogens (tertiary/aromatic N) is 1. The number of ether oxygens (including phenoxy) is 1. The summed E-state index contributed by atoms with van der Waals surface area (Å²) in [6, 6.07) is 8.89. The molecule has 1 N–H and O–H groups in total. The van der Waals surface area contributed by atoms with E-state index in [-0.39, 0.29) is 11.9 Å². The van der Waals surface area contributed by atoms with Crippen molar-refractivity contribution in [2.75, 3.05) is 6.61 Å². The number of carbonyl (C=O) groups excluding carboxylic acids is 1. The highest BCUT2D eigenvalue weighted by Crippen LogP contribution is 2.23. The fraction of sp³-hybridized carbons (Fsp3) is 0.429. The van der Waals surface area contributed by atoms with Gasteiger partial charge in [0.2, 0.25) is 0 Å². The van der Waals surface area contributed by atoms with E-state index >= 15 is 0 Å². The van der Waals surface area contributed by atoms with Gasteiger partial charge in [-0.25, -0.2) is 0 Å². The lowest BCUT2D eigenvalue weighted by Crippen LogP contribution is -2.47. The molecule has 1 aromatic carbocycles. The van der Waals surface area contributed by atoms with Gasteiger partial charge in [0.1, 0.15) is 0 Å². The van der Waals surface area contributed by atoms with E-state index in [4.69, 9.17) is 10.00 Å². The van der Waals surface area contributed by atoms with Crippen molar-refractivity contribution in [2.24, 2.45) is 0 Å². The minimum atomic E-state index is -0.0839. The summed E-state index contributed by atoms with van der Waals surface area (Å²) in [6.45, 7) is 2.70. The maximum atomic E-state index is 11.9. The van der Waals surface area contributed by atoms with Crippen LogP contribution in [-0.2, 0) is 4.74 Å². The standard InChI is InChI=1S/C14H16N2O2/c1-2-18-13-7-12(8-13)16-14(17)11-5-3-10(9-15)4-6-11/h3-6,12-13H,2,7-8H2,1H3,(H,16,17). The summed E-state index contributed by atoms with van der Waals surface area (Å²) in [4.78, 5) is 11.9. The minimum Gasteiger partial charge on any atom is -0.378 e. The molecule has 1 aliphatic carbocycles. The van der Waals surface area contributed by atoms with Crippen LogP contribution in [0.1, 0.15) is 35.7 Å². The van der Waals surface area contributed by atoms with Gasteiger partial charge in [0.05, 0.1) is 17.7 Å². The van der Waals surface area contributed by atoms with Crippen molar-refractivity contribution in [1.82, 2.24) is 5.32 Å². The fourth-order valence-corrected chi connectivity index (χ4v) is 2.02. The Labute approximate surface area is 107 Å². The first-order valence-electron chi connectivity index (χ1n) is 6.15. The lowest BCUT2D eigenvalue weighted by Gasteiger charge is -2.35. The Morgan fingerprint density at radius 1 is 1.44 bits per heavy atom. The van der Waals surface area contributed by atoms with Crippen molar-refractivity contribution >= 4 is 5.91 Å². The maximum absolute atomic E-state index is 11.9. The predicted octanol–water partition coefficient (Wildman–Crippen LogP) is 1.86. The summed E-state index contributed by atoms with van der Waals surface area (Å²) in [7, 11) is 0. The van der Waals surface area contributed by atoms with Gasteiger partial charge >= 0.3 is 0 Å². The maximum Gasteiger partial charge on any atom is 0.251 e. The summed E-state index contributed by atoms with van der Waals surface area (Å²) in [6.07, 6.45) is 2.06. The third-order valence-corrected chi connectivity index (χ3v) is 3.11. The number of benzene rings is 1. The second-order valence-electron chi connectivity index (χ2n) is 4.41. The summed E-state index contributed by atoms with van der Waals surface area (Å²) >= 11 is 0. The fourth-order valence-electron chi connectivity index (χ4n) is 2.02. The molecule has 0 aliphatic heterocycles. The van der Waals surface area contributed by atoms with E-state index in [1.165, 1.54) is 0 Å². The molecule has 0 unspecified atom stereocenters. The van der Waals surface area contributed by atoms with Gasteiger partial charge in [-0.05, 0) is 44.0 Å². The zero-order valence-electron chi connectivity index (χ0n) is 10.3. The van der Waals surface area contributed by atoms with E-state index < -0.39 is 0 Å². The molecule has 1 amide bonds. The Morgan fingerprint density at radius 2 is 2.11 bits per heavy atom. The van der Waals surface area contributed by atoms with Crippen LogP contribution < -0.4 is 5.32 Å². The molecule has 1 aliphatic rings. The minimum absolute atomic E-state index is 0.0839. The number of amides is 1. The van der Waals surface area contributed by atoms with Crippen molar-refractivity contribution in [2.45, 2.75) is 31.9 Å². The van der Waals surface area contributed by atoms with Gasteiger partial charge in [0.25, 0.3) is 5.91 Å². The Hall–Kier alpha value is -1.86. The highest BCUT2D eigenvalue weighted by Gasteiger charge is 2.30. The Kier molecular flexibility index (Phi) is 3.96. The average molecular weight is 244 g/mol. The number of carbonyl (C=O) groups is 1. The van der Waals surface area contributed by atoms with Crippen molar-refractivity contribution < 1.29 is 9.53 Å². The van der Waals surface area contributed by atoms with Gasteiger partial charge in [0, 0.05) is 18.2 Å². The van der Waals surface area contributed by atoms with Gasteiger partial charge in [-0.15, -0.1) is 0 Å². The normalized spacial score (nSPS) is 21.8. The highest BCUT2D eigenvalue weighted by molar-refractivity contribution is 5.94. The SMILES string of the molecule is CCOC1CC(NC(=O)c2ccc(C#N)cc2)C1. The number of nitrogens with one attached hydrogen (secondary N) is 1. The van der Waals surface area contributed by atoms with E-state index in [1.54, 1.807) is 24.3 Å². The van der Waals surface area contributed by atoms with E-state index in [9.17, 15) is 4.79 Å². The predicted molar refractivity (Wildman–Crippen MR) is 67.1 cm³/mol. The topological polar surface area (TPSA) is 62.1 Å². The van der Waals surface area contributed by atoms with Gasteiger partial charge in [-0.1, -0.05) is 0 Å². The van der Waals surface area contributed by atoms with Gasteiger partial charge in [-0.2, -0.15) is 5.26 Å². The van der Waals surface area contributed by atoms with Crippen LogP contribution in [0, 0.1) is 11.3 Å². The summed E-state index contributed by atoms with van der Waals surface area (Å²) in [5.74, 6) is -0.0839. The molecule has 4 nitrogen and oxygen atoms in total. The lowest BCUT2D eigenvalue weighted by molar-refractivity contribution is -0.00862. The molecule has 1 aromatic rings. The Bertz CT molecular complexity index is 456. The van der Waals surface area contributed by atoms with E-state index in [0.29, 0.717) is 17.2 Å². The first-order valence-corrected chi connectivity index (χ1v) is 6.15. The van der Waals surface area contributed by atoms with E-state index in [0.717, 1.165) is 19.4 Å². The van der Waals surface area contributed by atoms with Crippen molar-refractivity contribution in [3.05, 3.63) is 35.4 Å². The number of rotatable bonds is 4. The first kappa shape index (κ1) is 12.6. The molecule has 1 saturated carbocycles. The average Bonchev–Trinajstić information content (AvgIpc) is 2.36. The van der Waals surface area contributed by atoms with Gasteiger partial charge < -0.3 is 10.1 Å². The van der Waals surface area contributed by atoms with Crippen LogP contribution in [0.5, 0.6) is 0 Å². The molecular weight excluding hydrogens is 228 g/mol. The summed E-state index contributed by atoms with van der Waals surface area (Å²) in [5, 5.41) is 11.6. The Balaban J connectivity index is 1.84. The molecular formula is C14H16N2O2. The molecule has 2 rings (SSSR count). The second kappa shape index (κ2) is 5.65. The molecule has 0 saturated heterocycles. The van der Waals surface area contributed by atoms with Gasteiger partial charge in [-0.3, -0.25) is 4.79 Å². The molecule has 0 atom stereocenters. The van der Waals surface area contributed by atoms with E-state index in [2.05, 4.69) is 5.32 Å². The molecule has 1 fully saturated rings.